The van der Waals surface area contributed by atoms with Crippen LogP contribution in [0.15, 0.2) is 69.1 Å². The predicted molar refractivity (Wildman–Crippen MR) is 126 cm³/mol. The van der Waals surface area contributed by atoms with Crippen LogP contribution < -0.4 is 16.8 Å². The summed E-state index contributed by atoms with van der Waals surface area (Å²) >= 11 is 0. The number of rotatable bonds is 3. The third kappa shape index (κ3) is 4.99. The van der Waals surface area contributed by atoms with Gasteiger partial charge < -0.3 is 0 Å². The normalized spacial score (nSPS) is 10.2. The Morgan fingerprint density at radius 1 is 0.871 bits per heavy atom. The van der Waals surface area contributed by atoms with Crippen molar-refractivity contribution in [3.8, 4) is 0 Å². The zero-order chi connectivity index (χ0) is 23.0. The maximum atomic E-state index is 12.8. The first-order valence-electron chi connectivity index (χ1n) is 10.7. The van der Waals surface area contributed by atoms with Crippen LogP contribution in [0.4, 0.5) is 0 Å². The molecule has 0 radical (unpaired) electrons. The second-order valence-corrected chi connectivity index (χ2v) is 6.66. The summed E-state index contributed by atoms with van der Waals surface area (Å²) in [5.74, 6) is 0. The molecular formula is C24H30N4O3. The molecule has 164 valence electrons. The highest BCUT2D eigenvalue weighted by molar-refractivity contribution is 5.77. The van der Waals surface area contributed by atoms with Gasteiger partial charge in [-0.3, -0.25) is 23.1 Å². The highest BCUT2D eigenvalue weighted by atomic mass is 16.2. The molecule has 0 aliphatic carbocycles. The highest BCUT2D eigenvalue weighted by Crippen LogP contribution is 2.09. The van der Waals surface area contributed by atoms with E-state index >= 15 is 0 Å². The van der Waals surface area contributed by atoms with Gasteiger partial charge in [-0.1, -0.05) is 52.3 Å². The van der Waals surface area contributed by atoms with Crippen molar-refractivity contribution in [1.82, 2.24) is 18.5 Å². The molecule has 3 aromatic heterocycles. The number of para-hydroxylation sites is 1. The minimum atomic E-state index is -0.411. The lowest BCUT2D eigenvalue weighted by molar-refractivity contribution is 0.614. The molecule has 7 nitrogen and oxygen atoms in total. The van der Waals surface area contributed by atoms with Gasteiger partial charge in [0.2, 0.25) is 0 Å². The van der Waals surface area contributed by atoms with Crippen molar-refractivity contribution in [3.05, 3.63) is 91.6 Å². The first-order valence-corrected chi connectivity index (χ1v) is 10.7. The quantitative estimate of drug-likeness (QED) is 0.505. The van der Waals surface area contributed by atoms with Gasteiger partial charge in [-0.15, -0.1) is 0 Å². The fraction of sp³-hybridized carbons (Fsp3) is 0.333. The molecule has 0 unspecified atom stereocenters. The smallest absolute Gasteiger partial charge is 0.287 e. The largest absolute Gasteiger partial charge is 0.331 e. The second-order valence-electron chi connectivity index (χ2n) is 6.66. The lowest BCUT2D eigenvalue weighted by Gasteiger charge is -2.13. The molecular weight excluding hydrogens is 392 g/mol. The van der Waals surface area contributed by atoms with Crippen molar-refractivity contribution >= 4 is 16.6 Å². The van der Waals surface area contributed by atoms with E-state index in [1.54, 1.807) is 55.6 Å². The van der Waals surface area contributed by atoms with Gasteiger partial charge in [-0.25, -0.2) is 9.78 Å². The zero-order valence-corrected chi connectivity index (χ0v) is 18.8. The molecule has 0 spiro atoms. The standard InChI is InChI=1S/C19H16N4O3.C3H8.C2H6/c1-2-21-18(25)14-7-3-4-8-15(14)23(19(21)26)12-13-11-17(24)22-10-6-5-9-16(22)20-13;1-3-2;1-2/h3-11H,2,12H2,1H3;3H2,1-2H3;1-2H3. The van der Waals surface area contributed by atoms with Gasteiger partial charge in [0, 0.05) is 18.8 Å². The van der Waals surface area contributed by atoms with Crippen molar-refractivity contribution in [2.45, 2.75) is 54.1 Å². The first kappa shape index (κ1) is 23.8. The van der Waals surface area contributed by atoms with Crippen LogP contribution in [0.1, 0.15) is 46.7 Å². The fourth-order valence-electron chi connectivity index (χ4n) is 3.15. The number of fused-ring (bicyclic) bond motifs is 2. The number of hydrogen-bond donors (Lipinski definition) is 0. The Balaban J connectivity index is 0.000000630. The molecule has 4 rings (SSSR count). The molecule has 3 heterocycles. The van der Waals surface area contributed by atoms with E-state index in [1.807, 2.05) is 13.8 Å². The topological polar surface area (TPSA) is 78.4 Å². The van der Waals surface area contributed by atoms with Gasteiger partial charge in [0.1, 0.15) is 5.65 Å². The van der Waals surface area contributed by atoms with Crippen molar-refractivity contribution in [1.29, 1.82) is 0 Å². The molecule has 0 saturated heterocycles. The zero-order valence-electron chi connectivity index (χ0n) is 18.8. The maximum Gasteiger partial charge on any atom is 0.331 e. The van der Waals surface area contributed by atoms with Crippen LogP contribution in [0.2, 0.25) is 0 Å². The van der Waals surface area contributed by atoms with Crippen LogP contribution >= 0.6 is 0 Å². The Morgan fingerprint density at radius 2 is 1.52 bits per heavy atom. The summed E-state index contributed by atoms with van der Waals surface area (Å²) < 4.78 is 4.12. The van der Waals surface area contributed by atoms with Crippen LogP contribution in [0.3, 0.4) is 0 Å². The molecule has 0 N–H and O–H groups in total. The summed E-state index contributed by atoms with van der Waals surface area (Å²) in [5, 5.41) is 0.464. The third-order valence-corrected chi connectivity index (χ3v) is 4.39. The average molecular weight is 423 g/mol. The molecule has 0 aliphatic rings. The molecule has 7 heteroatoms. The van der Waals surface area contributed by atoms with E-state index in [1.165, 1.54) is 26.0 Å². The van der Waals surface area contributed by atoms with Crippen molar-refractivity contribution in [2.24, 2.45) is 0 Å². The molecule has 0 saturated carbocycles. The second kappa shape index (κ2) is 11.1. The Bertz CT molecular complexity index is 1330. The summed E-state index contributed by atoms with van der Waals surface area (Å²) in [6, 6.07) is 13.7. The van der Waals surface area contributed by atoms with Gasteiger partial charge in [-0.05, 0) is 31.2 Å². The van der Waals surface area contributed by atoms with Gasteiger partial charge in [-0.2, -0.15) is 0 Å². The van der Waals surface area contributed by atoms with Gasteiger partial charge in [0.15, 0.2) is 0 Å². The van der Waals surface area contributed by atoms with E-state index in [-0.39, 0.29) is 24.2 Å². The lowest BCUT2D eigenvalue weighted by Crippen LogP contribution is -2.40. The van der Waals surface area contributed by atoms with E-state index in [4.69, 9.17) is 0 Å². The van der Waals surface area contributed by atoms with Crippen LogP contribution in [0.25, 0.3) is 16.6 Å². The SMILES string of the molecule is CC.CCC.CCn1c(=O)c2ccccc2n(Cc2cc(=O)n3ccccc3n2)c1=O. The van der Waals surface area contributed by atoms with Crippen LogP contribution in [-0.4, -0.2) is 18.5 Å². The van der Waals surface area contributed by atoms with Crippen LogP contribution in [-0.2, 0) is 13.1 Å². The number of benzene rings is 1. The molecule has 31 heavy (non-hydrogen) atoms. The molecule has 0 bridgehead atoms. The van der Waals surface area contributed by atoms with E-state index in [0.29, 0.717) is 22.2 Å². The molecule has 1 aromatic carbocycles. The number of nitrogens with zero attached hydrogens (tertiary/aromatic N) is 4. The molecule has 0 atom stereocenters. The Hall–Kier alpha value is -3.48. The van der Waals surface area contributed by atoms with Crippen LogP contribution in [0, 0.1) is 0 Å². The molecule has 0 amide bonds. The van der Waals surface area contributed by atoms with Gasteiger partial charge >= 0.3 is 5.69 Å². The summed E-state index contributed by atoms with van der Waals surface area (Å²) in [5.41, 5.74) is 0.571. The summed E-state index contributed by atoms with van der Waals surface area (Å²) in [6.07, 6.45) is 2.90. The Kier molecular flexibility index (Phi) is 8.49. The van der Waals surface area contributed by atoms with Gasteiger partial charge in [0.05, 0.1) is 23.1 Å². The van der Waals surface area contributed by atoms with E-state index in [2.05, 4.69) is 18.8 Å². The van der Waals surface area contributed by atoms with Gasteiger partial charge in [0.25, 0.3) is 11.1 Å². The maximum absolute atomic E-state index is 12.8. The van der Waals surface area contributed by atoms with Crippen LogP contribution in [0.5, 0.6) is 0 Å². The minimum Gasteiger partial charge on any atom is -0.287 e. The van der Waals surface area contributed by atoms with E-state index < -0.39 is 5.69 Å². The van der Waals surface area contributed by atoms with Crippen molar-refractivity contribution in [2.75, 3.05) is 0 Å². The Labute approximate surface area is 181 Å². The van der Waals surface area contributed by atoms with Crippen molar-refractivity contribution in [3.63, 3.8) is 0 Å². The third-order valence-electron chi connectivity index (χ3n) is 4.39. The van der Waals surface area contributed by atoms with E-state index in [9.17, 15) is 14.4 Å². The number of aromatic nitrogens is 4. The molecule has 4 aromatic rings. The van der Waals surface area contributed by atoms with Crippen molar-refractivity contribution < 1.29 is 0 Å². The lowest BCUT2D eigenvalue weighted by atomic mass is 10.2. The number of hydrogen-bond acceptors (Lipinski definition) is 4. The Morgan fingerprint density at radius 3 is 2.19 bits per heavy atom. The first-order chi connectivity index (χ1) is 15.0. The molecule has 0 aliphatic heterocycles. The van der Waals surface area contributed by atoms with E-state index in [0.717, 1.165) is 0 Å². The molecule has 0 fully saturated rings. The fourth-order valence-corrected chi connectivity index (χ4v) is 3.15. The summed E-state index contributed by atoms with van der Waals surface area (Å²) in [6.45, 7) is 10.4. The minimum absolute atomic E-state index is 0.111. The summed E-state index contributed by atoms with van der Waals surface area (Å²) in [7, 11) is 0. The summed E-state index contributed by atoms with van der Waals surface area (Å²) in [4.78, 5) is 42.1. The number of pyridine rings is 1. The average Bonchev–Trinajstić information content (AvgIpc) is 2.79. The highest BCUT2D eigenvalue weighted by Gasteiger charge is 2.13. The monoisotopic (exact) mass is 422 g/mol. The predicted octanol–water partition coefficient (Wildman–Crippen LogP) is 3.68.